The van der Waals surface area contributed by atoms with Crippen LogP contribution in [0.15, 0.2) is 16.7 Å². The minimum Gasteiger partial charge on any atom is -0.474 e. The second-order valence-electron chi connectivity index (χ2n) is 3.63. The molecule has 2 rings (SSSR count). The van der Waals surface area contributed by atoms with Crippen LogP contribution >= 0.6 is 0 Å². The van der Waals surface area contributed by atoms with Crippen molar-refractivity contribution in [1.29, 1.82) is 0 Å². The van der Waals surface area contributed by atoms with Crippen molar-refractivity contribution in [2.75, 3.05) is 5.32 Å². The summed E-state index contributed by atoms with van der Waals surface area (Å²) in [7, 11) is 0. The van der Waals surface area contributed by atoms with Crippen LogP contribution in [0.2, 0.25) is 0 Å². The average molecular weight is 221 g/mol. The third-order valence-electron chi connectivity index (χ3n) is 1.92. The Morgan fingerprint density at radius 1 is 1.56 bits per heavy atom. The summed E-state index contributed by atoms with van der Waals surface area (Å²) in [4.78, 5) is 18.4. The summed E-state index contributed by atoms with van der Waals surface area (Å²) >= 11 is 0. The van der Waals surface area contributed by atoms with Crippen LogP contribution in [0.3, 0.4) is 0 Å². The van der Waals surface area contributed by atoms with E-state index in [0.717, 1.165) is 0 Å². The molecule has 0 spiro atoms. The van der Waals surface area contributed by atoms with Crippen LogP contribution in [-0.2, 0) is 0 Å². The molecule has 84 valence electrons. The molecule has 0 radical (unpaired) electrons. The predicted octanol–water partition coefficient (Wildman–Crippen LogP) is 1.74. The van der Waals surface area contributed by atoms with Gasteiger partial charge in [-0.2, -0.15) is 4.98 Å². The Kier molecular flexibility index (Phi) is 2.47. The molecule has 2 aromatic rings. The van der Waals surface area contributed by atoms with Gasteiger partial charge in [0, 0.05) is 12.2 Å². The highest BCUT2D eigenvalue weighted by atomic mass is 16.4. The van der Waals surface area contributed by atoms with Crippen molar-refractivity contribution in [2.45, 2.75) is 19.9 Å². The van der Waals surface area contributed by atoms with Gasteiger partial charge in [0.15, 0.2) is 5.58 Å². The number of nitrogens with zero attached hydrogens (tertiary/aromatic N) is 2. The summed E-state index contributed by atoms with van der Waals surface area (Å²) in [6, 6.07) is 1.93. The molecule has 0 aliphatic rings. The predicted molar refractivity (Wildman–Crippen MR) is 57.5 cm³/mol. The van der Waals surface area contributed by atoms with Gasteiger partial charge in [0.1, 0.15) is 0 Å². The van der Waals surface area contributed by atoms with Crippen molar-refractivity contribution < 1.29 is 14.3 Å². The summed E-state index contributed by atoms with van der Waals surface area (Å²) in [5.41, 5.74) is 1.36. The molecule has 6 nitrogen and oxygen atoms in total. The molecular formula is C10H11N3O3. The number of hydrogen-bond acceptors (Lipinski definition) is 5. The molecular weight excluding hydrogens is 210 g/mol. The van der Waals surface area contributed by atoms with Gasteiger partial charge in [0.05, 0.1) is 5.69 Å². The molecule has 0 aliphatic carbocycles. The van der Waals surface area contributed by atoms with Gasteiger partial charge in [0.2, 0.25) is 5.65 Å². The number of carboxylic acid groups (broad SMARTS) is 1. The number of pyridine rings is 1. The number of carboxylic acids is 1. The fourth-order valence-corrected chi connectivity index (χ4v) is 1.35. The van der Waals surface area contributed by atoms with E-state index >= 15 is 0 Å². The number of aromatic nitrogens is 2. The van der Waals surface area contributed by atoms with Crippen LogP contribution in [0.25, 0.3) is 11.2 Å². The second kappa shape index (κ2) is 3.80. The SMILES string of the molecule is CC(C)Nc1ccnc2nc(C(=O)O)oc12. The number of nitrogens with one attached hydrogen (secondary N) is 1. The number of hydrogen-bond donors (Lipinski definition) is 2. The topological polar surface area (TPSA) is 88.2 Å². The van der Waals surface area contributed by atoms with E-state index in [1.54, 1.807) is 12.3 Å². The van der Waals surface area contributed by atoms with Gasteiger partial charge in [-0.05, 0) is 19.9 Å². The zero-order valence-electron chi connectivity index (χ0n) is 8.89. The quantitative estimate of drug-likeness (QED) is 0.820. The molecule has 2 heterocycles. The summed E-state index contributed by atoms with van der Waals surface area (Å²) in [6.07, 6.45) is 1.56. The van der Waals surface area contributed by atoms with Crippen LogP contribution in [0, 0.1) is 0 Å². The monoisotopic (exact) mass is 221 g/mol. The number of aromatic carboxylic acids is 1. The zero-order valence-corrected chi connectivity index (χ0v) is 8.89. The van der Waals surface area contributed by atoms with Gasteiger partial charge < -0.3 is 14.8 Å². The molecule has 0 aromatic carbocycles. The molecule has 0 aliphatic heterocycles. The van der Waals surface area contributed by atoms with Crippen molar-refractivity contribution in [2.24, 2.45) is 0 Å². The fraction of sp³-hybridized carbons (Fsp3) is 0.300. The molecule has 0 saturated heterocycles. The first-order valence-electron chi connectivity index (χ1n) is 4.83. The van der Waals surface area contributed by atoms with E-state index in [2.05, 4.69) is 15.3 Å². The molecule has 0 bridgehead atoms. The Balaban J connectivity index is 2.54. The van der Waals surface area contributed by atoms with E-state index in [1.165, 1.54) is 0 Å². The highest BCUT2D eigenvalue weighted by molar-refractivity contribution is 5.89. The normalized spacial score (nSPS) is 10.9. The van der Waals surface area contributed by atoms with Crippen molar-refractivity contribution in [3.8, 4) is 0 Å². The molecule has 2 N–H and O–H groups in total. The third-order valence-corrected chi connectivity index (χ3v) is 1.92. The Labute approximate surface area is 91.3 Å². The van der Waals surface area contributed by atoms with Crippen molar-refractivity contribution in [3.05, 3.63) is 18.2 Å². The molecule has 6 heteroatoms. The maximum atomic E-state index is 10.7. The lowest BCUT2D eigenvalue weighted by Crippen LogP contribution is -2.09. The molecule has 0 saturated carbocycles. The van der Waals surface area contributed by atoms with Gasteiger partial charge >= 0.3 is 11.9 Å². The van der Waals surface area contributed by atoms with E-state index in [-0.39, 0.29) is 11.9 Å². The summed E-state index contributed by atoms with van der Waals surface area (Å²) in [6.45, 7) is 3.95. The largest absolute Gasteiger partial charge is 0.474 e. The standard InChI is InChI=1S/C10H11N3O3/c1-5(2)12-6-3-4-11-8-7(6)16-9(13-8)10(14)15/h3-5H,1-2H3,(H,11,12)(H,14,15). The lowest BCUT2D eigenvalue weighted by Gasteiger charge is -2.08. The zero-order chi connectivity index (χ0) is 11.7. The van der Waals surface area contributed by atoms with Crippen LogP contribution in [-0.4, -0.2) is 27.1 Å². The van der Waals surface area contributed by atoms with Gasteiger partial charge in [-0.1, -0.05) is 0 Å². The highest BCUT2D eigenvalue weighted by Gasteiger charge is 2.16. The average Bonchev–Trinajstić information content (AvgIpc) is 2.61. The van der Waals surface area contributed by atoms with Gasteiger partial charge in [-0.3, -0.25) is 0 Å². The second-order valence-corrected chi connectivity index (χ2v) is 3.63. The number of oxazole rings is 1. The maximum absolute atomic E-state index is 10.7. The van der Waals surface area contributed by atoms with Gasteiger partial charge in [-0.25, -0.2) is 9.78 Å². The van der Waals surface area contributed by atoms with Gasteiger partial charge in [0.25, 0.3) is 0 Å². The lowest BCUT2D eigenvalue weighted by molar-refractivity contribution is 0.0656. The molecule has 0 unspecified atom stereocenters. The van der Waals surface area contributed by atoms with Crippen LogP contribution in [0.1, 0.15) is 24.5 Å². The lowest BCUT2D eigenvalue weighted by atomic mass is 10.3. The van der Waals surface area contributed by atoms with Crippen molar-refractivity contribution in [3.63, 3.8) is 0 Å². The molecule has 0 fully saturated rings. The van der Waals surface area contributed by atoms with E-state index in [0.29, 0.717) is 16.9 Å². The minimum atomic E-state index is -1.20. The fourth-order valence-electron chi connectivity index (χ4n) is 1.35. The van der Waals surface area contributed by atoms with Crippen LogP contribution in [0.4, 0.5) is 5.69 Å². The first-order valence-corrected chi connectivity index (χ1v) is 4.83. The van der Waals surface area contributed by atoms with Gasteiger partial charge in [-0.15, -0.1) is 0 Å². The first kappa shape index (κ1) is 10.4. The molecule has 16 heavy (non-hydrogen) atoms. The number of carbonyl (C=O) groups is 1. The Bertz CT molecular complexity index is 533. The summed E-state index contributed by atoms with van der Waals surface area (Å²) < 4.78 is 5.13. The smallest absolute Gasteiger partial charge is 0.392 e. The molecule has 0 atom stereocenters. The van der Waals surface area contributed by atoms with E-state index < -0.39 is 5.97 Å². The Hall–Kier alpha value is -2.11. The third kappa shape index (κ3) is 1.81. The summed E-state index contributed by atoms with van der Waals surface area (Å²) in [5.74, 6) is -1.55. The number of anilines is 1. The maximum Gasteiger partial charge on any atom is 0.392 e. The number of fused-ring (bicyclic) bond motifs is 1. The minimum absolute atomic E-state index is 0.212. The van der Waals surface area contributed by atoms with Crippen molar-refractivity contribution in [1.82, 2.24) is 9.97 Å². The van der Waals surface area contributed by atoms with E-state index in [4.69, 9.17) is 9.52 Å². The summed E-state index contributed by atoms with van der Waals surface area (Å²) in [5, 5.41) is 11.9. The van der Waals surface area contributed by atoms with E-state index in [1.807, 2.05) is 13.8 Å². The highest BCUT2D eigenvalue weighted by Crippen LogP contribution is 2.22. The first-order chi connectivity index (χ1) is 7.58. The Morgan fingerprint density at radius 2 is 2.31 bits per heavy atom. The number of rotatable bonds is 3. The van der Waals surface area contributed by atoms with Crippen LogP contribution in [0.5, 0.6) is 0 Å². The molecule has 0 amide bonds. The molecule has 2 aromatic heterocycles. The van der Waals surface area contributed by atoms with Crippen molar-refractivity contribution >= 4 is 22.9 Å². The van der Waals surface area contributed by atoms with Crippen LogP contribution < -0.4 is 5.32 Å². The Morgan fingerprint density at radius 3 is 2.94 bits per heavy atom. The van der Waals surface area contributed by atoms with E-state index in [9.17, 15) is 4.79 Å².